The largest absolute Gasteiger partial charge is 0.443 e. The summed E-state index contributed by atoms with van der Waals surface area (Å²) in [6.07, 6.45) is 0.820. The van der Waals surface area contributed by atoms with Gasteiger partial charge in [-0.05, 0) is 36.5 Å². The van der Waals surface area contributed by atoms with Gasteiger partial charge in [0.25, 0.3) is 5.91 Å². The summed E-state index contributed by atoms with van der Waals surface area (Å²) in [6, 6.07) is 3.01. The Balaban J connectivity index is 2.03. The summed E-state index contributed by atoms with van der Waals surface area (Å²) in [5.74, 6) is -0.613. The van der Waals surface area contributed by atoms with E-state index in [9.17, 15) is 14.4 Å². The van der Waals surface area contributed by atoms with Gasteiger partial charge >= 0.3 is 5.97 Å². The zero-order chi connectivity index (χ0) is 18.2. The monoisotopic (exact) mass is 402 g/mol. The Labute approximate surface area is 158 Å². The molecule has 1 aromatic rings. The van der Waals surface area contributed by atoms with Gasteiger partial charge in [0.1, 0.15) is 0 Å². The number of benzene rings is 1. The number of fused-ring (bicyclic) bond motifs is 1. The van der Waals surface area contributed by atoms with Crippen molar-refractivity contribution in [2.24, 2.45) is 11.7 Å². The van der Waals surface area contributed by atoms with Crippen LogP contribution in [0.4, 0.5) is 5.69 Å². The predicted molar refractivity (Wildman–Crippen MR) is 96.7 cm³/mol. The molecule has 0 bridgehead atoms. The number of primary amides is 1. The molecule has 6 nitrogen and oxygen atoms in total. The summed E-state index contributed by atoms with van der Waals surface area (Å²) in [5, 5.41) is 2.98. The average molecular weight is 403 g/mol. The number of carbonyl (C=O) groups excluding carboxylic acids is 3. The topological polar surface area (TPSA) is 98.5 Å². The predicted octanol–water partition coefficient (Wildman–Crippen LogP) is 2.70. The van der Waals surface area contributed by atoms with E-state index in [1.54, 1.807) is 11.8 Å². The van der Waals surface area contributed by atoms with Crippen molar-refractivity contribution in [2.45, 2.75) is 24.9 Å². The van der Waals surface area contributed by atoms with E-state index in [0.717, 1.165) is 11.5 Å². The lowest BCUT2D eigenvalue weighted by Gasteiger charge is -2.30. The molecule has 1 aromatic carbocycles. The molecule has 3 N–H and O–H groups in total. The molecule has 2 aliphatic rings. The minimum Gasteiger partial charge on any atom is -0.443 e. The highest BCUT2D eigenvalue weighted by atomic mass is 35.5. The van der Waals surface area contributed by atoms with Gasteiger partial charge in [0.05, 0.1) is 28.1 Å². The number of esters is 1. The smallest absolute Gasteiger partial charge is 0.310 e. The quantitative estimate of drug-likeness (QED) is 0.754. The van der Waals surface area contributed by atoms with Crippen LogP contribution >= 0.6 is 35.0 Å². The van der Waals surface area contributed by atoms with Crippen molar-refractivity contribution in [3.8, 4) is 0 Å². The lowest BCUT2D eigenvalue weighted by Crippen LogP contribution is -2.44. The molecule has 25 heavy (non-hydrogen) atoms. The van der Waals surface area contributed by atoms with Crippen LogP contribution in [0.1, 0.15) is 24.8 Å². The zero-order valence-corrected chi connectivity index (χ0v) is 15.5. The second-order valence-corrected chi connectivity index (χ2v) is 8.05. The Morgan fingerprint density at radius 3 is 2.56 bits per heavy atom. The first kappa shape index (κ1) is 18.4. The van der Waals surface area contributed by atoms with Gasteiger partial charge in [-0.25, -0.2) is 0 Å². The van der Waals surface area contributed by atoms with Crippen LogP contribution in [0, 0.1) is 5.92 Å². The lowest BCUT2D eigenvalue weighted by molar-refractivity contribution is -0.173. The molecule has 1 atom stereocenters. The molecule has 1 unspecified atom stereocenters. The van der Waals surface area contributed by atoms with E-state index in [-0.39, 0.29) is 27.2 Å². The first-order valence-corrected chi connectivity index (χ1v) is 9.65. The van der Waals surface area contributed by atoms with Crippen molar-refractivity contribution in [1.82, 2.24) is 0 Å². The number of rotatable bonds is 4. The lowest BCUT2D eigenvalue weighted by atomic mass is 9.90. The standard InChI is InChI=1S/C16H16Cl2N2O4S/c17-9-1-2-10(18)13-12(9)16(7-11(19)21,15(23)20-13)24-14(22)8-3-5-25-6-4-8/h1-2,8H,3-7H2,(H2,19,21)(H,20,23). The molecule has 2 aliphatic heterocycles. The molecule has 0 radical (unpaired) electrons. The summed E-state index contributed by atoms with van der Waals surface area (Å²) < 4.78 is 5.62. The number of nitrogens with one attached hydrogen (secondary N) is 1. The minimum absolute atomic E-state index is 0.172. The number of halogens is 2. The van der Waals surface area contributed by atoms with E-state index in [0.29, 0.717) is 12.8 Å². The van der Waals surface area contributed by atoms with Gasteiger partial charge in [-0.2, -0.15) is 11.8 Å². The van der Waals surface area contributed by atoms with Gasteiger partial charge in [-0.15, -0.1) is 0 Å². The number of thioether (sulfide) groups is 1. The molecule has 3 rings (SSSR count). The Kier molecular flexibility index (Phi) is 5.18. The fourth-order valence-corrected chi connectivity index (χ4v) is 4.75. The summed E-state index contributed by atoms with van der Waals surface area (Å²) in [5.41, 5.74) is 3.87. The van der Waals surface area contributed by atoms with Crippen molar-refractivity contribution in [2.75, 3.05) is 16.8 Å². The number of nitrogens with two attached hydrogens (primary N) is 1. The van der Waals surface area contributed by atoms with Crippen LogP contribution in [-0.4, -0.2) is 29.3 Å². The van der Waals surface area contributed by atoms with Gasteiger partial charge in [-0.1, -0.05) is 23.2 Å². The summed E-state index contributed by atoms with van der Waals surface area (Å²) in [4.78, 5) is 37.0. The van der Waals surface area contributed by atoms with Crippen LogP contribution in [-0.2, 0) is 24.7 Å². The second-order valence-electron chi connectivity index (χ2n) is 6.01. The summed E-state index contributed by atoms with van der Waals surface area (Å²) in [6.45, 7) is 0. The van der Waals surface area contributed by atoms with Crippen molar-refractivity contribution < 1.29 is 19.1 Å². The third-order valence-corrected chi connectivity index (χ3v) is 6.04. The van der Waals surface area contributed by atoms with E-state index in [4.69, 9.17) is 33.7 Å². The second kappa shape index (κ2) is 7.05. The number of anilines is 1. The number of ether oxygens (including phenoxy) is 1. The Bertz CT molecular complexity index is 752. The average Bonchev–Trinajstić information content (AvgIpc) is 2.85. The van der Waals surface area contributed by atoms with Crippen LogP contribution in [0.2, 0.25) is 10.0 Å². The number of hydrogen-bond donors (Lipinski definition) is 2. The van der Waals surface area contributed by atoms with E-state index in [2.05, 4.69) is 5.32 Å². The Hall–Kier alpha value is -1.44. The third-order valence-electron chi connectivity index (χ3n) is 4.37. The van der Waals surface area contributed by atoms with Crippen LogP contribution in [0.3, 0.4) is 0 Å². The number of hydrogen-bond acceptors (Lipinski definition) is 5. The fourth-order valence-electron chi connectivity index (χ4n) is 3.13. The van der Waals surface area contributed by atoms with Crippen molar-refractivity contribution in [3.05, 3.63) is 27.7 Å². The maximum atomic E-state index is 12.7. The first-order chi connectivity index (χ1) is 11.8. The maximum absolute atomic E-state index is 12.7. The van der Waals surface area contributed by atoms with Gasteiger partial charge in [0, 0.05) is 5.56 Å². The van der Waals surface area contributed by atoms with Gasteiger partial charge in [-0.3, -0.25) is 14.4 Å². The highest BCUT2D eigenvalue weighted by molar-refractivity contribution is 7.99. The number of carbonyl (C=O) groups is 3. The van der Waals surface area contributed by atoms with Crippen LogP contribution in [0.5, 0.6) is 0 Å². The first-order valence-electron chi connectivity index (χ1n) is 7.74. The Morgan fingerprint density at radius 1 is 1.28 bits per heavy atom. The van der Waals surface area contributed by atoms with Gasteiger partial charge in [0.15, 0.2) is 0 Å². The molecule has 2 heterocycles. The zero-order valence-electron chi connectivity index (χ0n) is 13.1. The van der Waals surface area contributed by atoms with Gasteiger partial charge in [0.2, 0.25) is 11.5 Å². The molecule has 9 heteroatoms. The van der Waals surface area contributed by atoms with E-state index in [1.165, 1.54) is 12.1 Å². The molecule has 0 saturated carbocycles. The highest BCUT2D eigenvalue weighted by Gasteiger charge is 2.54. The van der Waals surface area contributed by atoms with Crippen molar-refractivity contribution >= 4 is 58.4 Å². The highest BCUT2D eigenvalue weighted by Crippen LogP contribution is 2.48. The third kappa shape index (κ3) is 3.32. The SMILES string of the molecule is NC(=O)CC1(OC(=O)C2CCSCC2)C(=O)Nc2c(Cl)ccc(Cl)c21. The molecule has 1 saturated heterocycles. The molecule has 1 fully saturated rings. The summed E-state index contributed by atoms with van der Waals surface area (Å²) >= 11 is 14.1. The van der Waals surface area contributed by atoms with Gasteiger partial charge < -0.3 is 15.8 Å². The molecular formula is C16H16Cl2N2O4S. The fraction of sp³-hybridized carbons (Fsp3) is 0.438. The molecule has 0 spiro atoms. The molecule has 134 valence electrons. The molecule has 0 aliphatic carbocycles. The minimum atomic E-state index is -1.88. The van der Waals surface area contributed by atoms with Crippen LogP contribution in [0.15, 0.2) is 12.1 Å². The summed E-state index contributed by atoms with van der Waals surface area (Å²) in [7, 11) is 0. The Morgan fingerprint density at radius 2 is 1.92 bits per heavy atom. The van der Waals surface area contributed by atoms with E-state index in [1.807, 2.05) is 0 Å². The maximum Gasteiger partial charge on any atom is 0.310 e. The molecule has 2 amide bonds. The van der Waals surface area contributed by atoms with E-state index < -0.39 is 29.8 Å². The molecular weight excluding hydrogens is 387 g/mol. The van der Waals surface area contributed by atoms with Crippen LogP contribution < -0.4 is 11.1 Å². The van der Waals surface area contributed by atoms with Crippen LogP contribution in [0.25, 0.3) is 0 Å². The molecule has 0 aromatic heterocycles. The van der Waals surface area contributed by atoms with Crippen molar-refractivity contribution in [3.63, 3.8) is 0 Å². The van der Waals surface area contributed by atoms with Crippen molar-refractivity contribution in [1.29, 1.82) is 0 Å². The van der Waals surface area contributed by atoms with E-state index >= 15 is 0 Å². The normalized spacial score (nSPS) is 23.0. The number of amides is 2.